The van der Waals surface area contributed by atoms with E-state index >= 15 is 0 Å². The molecular formula is C17H13BrFNO. The number of hydrogen-bond donors (Lipinski definition) is 1. The zero-order chi connectivity index (χ0) is 14.8. The van der Waals surface area contributed by atoms with E-state index in [9.17, 15) is 9.50 Å². The van der Waals surface area contributed by atoms with Gasteiger partial charge in [-0.25, -0.2) is 4.39 Å². The van der Waals surface area contributed by atoms with E-state index in [1.54, 1.807) is 12.3 Å². The summed E-state index contributed by atoms with van der Waals surface area (Å²) in [5.74, 6) is -0.302. The van der Waals surface area contributed by atoms with Crippen LogP contribution in [0.4, 0.5) is 4.39 Å². The third-order valence-corrected chi connectivity index (χ3v) is 4.19. The molecule has 0 aliphatic heterocycles. The van der Waals surface area contributed by atoms with E-state index in [4.69, 9.17) is 0 Å². The molecule has 106 valence electrons. The van der Waals surface area contributed by atoms with Crippen LogP contribution in [0.15, 0.2) is 59.2 Å². The second-order valence-corrected chi connectivity index (χ2v) is 5.73. The van der Waals surface area contributed by atoms with Crippen molar-refractivity contribution < 1.29 is 9.50 Å². The van der Waals surface area contributed by atoms with E-state index in [1.165, 1.54) is 12.1 Å². The number of halogens is 2. The van der Waals surface area contributed by atoms with Gasteiger partial charge >= 0.3 is 0 Å². The topological polar surface area (TPSA) is 33.1 Å². The summed E-state index contributed by atoms with van der Waals surface area (Å²) in [4.78, 5) is 4.31. The molecule has 3 aromatic rings. The molecule has 4 heteroatoms. The first kappa shape index (κ1) is 14.2. The highest BCUT2D eigenvalue weighted by Crippen LogP contribution is 2.27. The molecule has 0 saturated heterocycles. The average molecular weight is 346 g/mol. The van der Waals surface area contributed by atoms with Gasteiger partial charge in [0.25, 0.3) is 0 Å². The molecule has 1 atom stereocenters. The van der Waals surface area contributed by atoms with Crippen LogP contribution in [-0.4, -0.2) is 10.1 Å². The van der Waals surface area contributed by atoms with Crippen molar-refractivity contribution in [2.75, 3.05) is 0 Å². The lowest BCUT2D eigenvalue weighted by atomic mass is 10.0. The molecule has 0 saturated carbocycles. The smallest absolute Gasteiger partial charge is 0.124 e. The second-order valence-electron chi connectivity index (χ2n) is 4.87. The van der Waals surface area contributed by atoms with Crippen LogP contribution in [0, 0.1) is 5.82 Å². The zero-order valence-corrected chi connectivity index (χ0v) is 12.7. The molecule has 1 aromatic heterocycles. The minimum Gasteiger partial charge on any atom is -0.386 e. The summed E-state index contributed by atoms with van der Waals surface area (Å²) in [6.07, 6.45) is 1.33. The summed E-state index contributed by atoms with van der Waals surface area (Å²) in [5.41, 5.74) is 1.49. The minimum absolute atomic E-state index is 0.302. The molecule has 0 fully saturated rings. The molecule has 0 aliphatic rings. The van der Waals surface area contributed by atoms with E-state index in [1.807, 2.05) is 30.3 Å². The van der Waals surface area contributed by atoms with Crippen molar-refractivity contribution in [2.24, 2.45) is 0 Å². The van der Waals surface area contributed by atoms with Crippen molar-refractivity contribution in [1.29, 1.82) is 0 Å². The number of aliphatic hydroxyl groups excluding tert-OH is 1. The summed E-state index contributed by atoms with van der Waals surface area (Å²) >= 11 is 3.33. The second kappa shape index (κ2) is 5.92. The minimum atomic E-state index is -0.738. The lowest BCUT2D eigenvalue weighted by molar-refractivity contribution is 0.175. The van der Waals surface area contributed by atoms with Gasteiger partial charge in [0.05, 0.1) is 5.69 Å². The van der Waals surface area contributed by atoms with Crippen molar-refractivity contribution in [3.8, 4) is 0 Å². The summed E-state index contributed by atoms with van der Waals surface area (Å²) < 4.78 is 13.8. The van der Waals surface area contributed by atoms with Gasteiger partial charge in [0.1, 0.15) is 11.9 Å². The monoisotopic (exact) mass is 345 g/mol. The fourth-order valence-electron chi connectivity index (χ4n) is 2.40. The van der Waals surface area contributed by atoms with Gasteiger partial charge < -0.3 is 5.11 Å². The fourth-order valence-corrected chi connectivity index (χ4v) is 2.91. The van der Waals surface area contributed by atoms with Crippen molar-refractivity contribution in [2.45, 2.75) is 12.5 Å². The number of benzene rings is 2. The zero-order valence-electron chi connectivity index (χ0n) is 11.1. The van der Waals surface area contributed by atoms with Crippen LogP contribution in [0.25, 0.3) is 10.8 Å². The lowest BCUT2D eigenvalue weighted by Gasteiger charge is -2.14. The Balaban J connectivity index is 1.95. The number of pyridine rings is 1. The Labute approximate surface area is 130 Å². The number of nitrogens with zero attached hydrogens (tertiary/aromatic N) is 1. The van der Waals surface area contributed by atoms with Crippen molar-refractivity contribution in [3.05, 3.63) is 76.3 Å². The van der Waals surface area contributed by atoms with Gasteiger partial charge in [0.2, 0.25) is 0 Å². The first-order chi connectivity index (χ1) is 10.1. The predicted octanol–water partition coefficient (Wildman–Crippen LogP) is 4.41. The maximum absolute atomic E-state index is 13.1. The first-order valence-electron chi connectivity index (χ1n) is 6.61. The largest absolute Gasteiger partial charge is 0.386 e. The molecule has 0 bridgehead atoms. The third-order valence-electron chi connectivity index (χ3n) is 3.45. The normalized spacial score (nSPS) is 12.5. The third kappa shape index (κ3) is 2.96. The van der Waals surface area contributed by atoms with Gasteiger partial charge in [-0.2, -0.15) is 0 Å². The van der Waals surface area contributed by atoms with Crippen LogP contribution in [0.1, 0.15) is 17.4 Å². The maximum atomic E-state index is 13.1. The Hall–Kier alpha value is -1.78. The maximum Gasteiger partial charge on any atom is 0.124 e. The van der Waals surface area contributed by atoms with E-state index in [-0.39, 0.29) is 5.82 Å². The highest BCUT2D eigenvalue weighted by molar-refractivity contribution is 9.10. The summed E-state index contributed by atoms with van der Waals surface area (Å²) in [7, 11) is 0. The molecule has 0 amide bonds. The molecule has 0 spiro atoms. The Morgan fingerprint density at radius 2 is 1.95 bits per heavy atom. The van der Waals surface area contributed by atoms with Crippen LogP contribution in [0.3, 0.4) is 0 Å². The first-order valence-corrected chi connectivity index (χ1v) is 7.40. The molecule has 1 N–H and O–H groups in total. The van der Waals surface area contributed by atoms with E-state index in [0.717, 1.165) is 16.3 Å². The lowest BCUT2D eigenvalue weighted by Crippen LogP contribution is -2.05. The van der Waals surface area contributed by atoms with Crippen molar-refractivity contribution >= 4 is 26.7 Å². The van der Waals surface area contributed by atoms with E-state index < -0.39 is 6.10 Å². The van der Waals surface area contributed by atoms with Gasteiger partial charge in [-0.15, -0.1) is 0 Å². The molecule has 2 aromatic carbocycles. The highest BCUT2D eigenvalue weighted by Gasteiger charge is 2.15. The molecule has 1 heterocycles. The van der Waals surface area contributed by atoms with Gasteiger partial charge in [-0.3, -0.25) is 4.98 Å². The molecular weight excluding hydrogens is 333 g/mol. The van der Waals surface area contributed by atoms with Crippen molar-refractivity contribution in [3.63, 3.8) is 0 Å². The number of rotatable bonds is 3. The van der Waals surface area contributed by atoms with Crippen LogP contribution < -0.4 is 0 Å². The molecule has 0 aliphatic carbocycles. The molecule has 2 nitrogen and oxygen atoms in total. The quantitative estimate of drug-likeness (QED) is 0.762. The van der Waals surface area contributed by atoms with Gasteiger partial charge in [-0.1, -0.05) is 46.3 Å². The Bertz CT molecular complexity index is 785. The molecule has 21 heavy (non-hydrogen) atoms. The Kier molecular flexibility index (Phi) is 3.99. The van der Waals surface area contributed by atoms with Crippen LogP contribution in [0.5, 0.6) is 0 Å². The molecule has 3 rings (SSSR count). The predicted molar refractivity (Wildman–Crippen MR) is 84.5 cm³/mol. The summed E-state index contributed by atoms with van der Waals surface area (Å²) in [6, 6.07) is 14.2. The molecule has 1 unspecified atom stereocenters. The van der Waals surface area contributed by atoms with E-state index in [2.05, 4.69) is 20.9 Å². The molecule has 0 radical (unpaired) electrons. The summed E-state index contributed by atoms with van der Waals surface area (Å²) in [5, 5.41) is 12.5. The summed E-state index contributed by atoms with van der Waals surface area (Å²) in [6.45, 7) is 0. The standard InChI is InChI=1S/C17H13BrFNO/c18-15-10-13(19)6-5-12(15)9-16(21)17-14-4-2-1-3-11(14)7-8-20-17/h1-8,10,16,21H,9H2. The number of aromatic nitrogens is 1. The number of aliphatic hydroxyl groups is 1. The van der Waals surface area contributed by atoms with Crippen LogP contribution in [0.2, 0.25) is 0 Å². The van der Waals surface area contributed by atoms with E-state index in [0.29, 0.717) is 16.6 Å². The number of hydrogen-bond acceptors (Lipinski definition) is 2. The van der Waals surface area contributed by atoms with Crippen LogP contribution >= 0.6 is 15.9 Å². The van der Waals surface area contributed by atoms with Gasteiger partial charge in [0, 0.05) is 22.5 Å². The SMILES string of the molecule is OC(Cc1ccc(F)cc1Br)c1nccc2ccccc12. The number of fused-ring (bicyclic) bond motifs is 1. The van der Waals surface area contributed by atoms with Gasteiger partial charge in [0.15, 0.2) is 0 Å². The Morgan fingerprint density at radius 1 is 1.14 bits per heavy atom. The fraction of sp³-hybridized carbons (Fsp3) is 0.118. The highest BCUT2D eigenvalue weighted by atomic mass is 79.9. The van der Waals surface area contributed by atoms with Crippen LogP contribution in [-0.2, 0) is 6.42 Å². The van der Waals surface area contributed by atoms with Gasteiger partial charge in [-0.05, 0) is 29.1 Å². The average Bonchev–Trinajstić information content (AvgIpc) is 2.49. The van der Waals surface area contributed by atoms with Crippen molar-refractivity contribution in [1.82, 2.24) is 4.98 Å². The Morgan fingerprint density at radius 3 is 2.76 bits per heavy atom.